The number of imide groups is 1. The number of hydrogen-bond donors (Lipinski definition) is 3. The van der Waals surface area contributed by atoms with Gasteiger partial charge in [-0.05, 0) is 72.4 Å². The summed E-state index contributed by atoms with van der Waals surface area (Å²) in [6, 6.07) is 9.62. The van der Waals surface area contributed by atoms with Crippen molar-refractivity contribution in [3.8, 4) is 16.9 Å². The maximum absolute atomic E-state index is 11.8. The summed E-state index contributed by atoms with van der Waals surface area (Å²) in [5, 5.41) is 8.18. The summed E-state index contributed by atoms with van der Waals surface area (Å²) in [6.07, 6.45) is 3.83. The number of urea groups is 1. The molecule has 6 heteroatoms. The molecule has 1 fully saturated rings. The summed E-state index contributed by atoms with van der Waals surface area (Å²) in [4.78, 5) is 23.1. The Kier molecular flexibility index (Phi) is 4.32. The van der Waals surface area contributed by atoms with Gasteiger partial charge < -0.3 is 15.4 Å². The Morgan fingerprint density at radius 3 is 2.67 bits per heavy atom. The van der Waals surface area contributed by atoms with Crippen LogP contribution in [0.15, 0.2) is 36.0 Å². The van der Waals surface area contributed by atoms with Crippen LogP contribution in [0.5, 0.6) is 5.75 Å². The van der Waals surface area contributed by atoms with Gasteiger partial charge in [-0.1, -0.05) is 6.07 Å². The lowest BCUT2D eigenvalue weighted by Crippen LogP contribution is -2.22. The monoisotopic (exact) mass is 363 g/mol. The third-order valence-electron chi connectivity index (χ3n) is 4.93. The number of benzene rings is 2. The molecule has 0 bridgehead atoms. The van der Waals surface area contributed by atoms with E-state index in [1.54, 1.807) is 13.2 Å². The number of methoxy groups -OCH3 is 1. The van der Waals surface area contributed by atoms with Gasteiger partial charge >= 0.3 is 6.03 Å². The lowest BCUT2D eigenvalue weighted by atomic mass is 9.92. The number of aryl methyl sites for hydroxylation is 2. The molecule has 0 radical (unpaired) electrons. The first-order chi connectivity index (χ1) is 13.0. The largest absolute Gasteiger partial charge is 0.496 e. The van der Waals surface area contributed by atoms with Crippen molar-refractivity contribution in [1.82, 2.24) is 10.6 Å². The molecular formula is C21H21N3O3. The first kappa shape index (κ1) is 17.1. The van der Waals surface area contributed by atoms with Crippen LogP contribution in [0.25, 0.3) is 17.2 Å². The van der Waals surface area contributed by atoms with E-state index in [0.717, 1.165) is 47.4 Å². The Morgan fingerprint density at radius 1 is 1.07 bits per heavy atom. The van der Waals surface area contributed by atoms with Gasteiger partial charge in [-0.25, -0.2) is 4.79 Å². The van der Waals surface area contributed by atoms with Gasteiger partial charge in [0.1, 0.15) is 11.4 Å². The molecule has 0 aliphatic carbocycles. The summed E-state index contributed by atoms with van der Waals surface area (Å²) >= 11 is 0. The summed E-state index contributed by atoms with van der Waals surface area (Å²) in [5.74, 6) is 0.345. The van der Waals surface area contributed by atoms with Crippen molar-refractivity contribution in [3.05, 3.63) is 52.7 Å². The third-order valence-corrected chi connectivity index (χ3v) is 4.93. The number of fused-ring (bicyclic) bond motifs is 1. The van der Waals surface area contributed by atoms with Crippen LogP contribution in [0, 0.1) is 6.92 Å². The van der Waals surface area contributed by atoms with E-state index in [1.807, 2.05) is 18.2 Å². The fourth-order valence-corrected chi connectivity index (χ4v) is 3.59. The minimum atomic E-state index is -0.502. The van der Waals surface area contributed by atoms with Gasteiger partial charge in [0.15, 0.2) is 0 Å². The molecule has 4 rings (SSSR count). The van der Waals surface area contributed by atoms with E-state index in [-0.39, 0.29) is 5.70 Å². The molecule has 1 saturated heterocycles. The summed E-state index contributed by atoms with van der Waals surface area (Å²) in [6.45, 7) is 3.09. The van der Waals surface area contributed by atoms with Crippen molar-refractivity contribution in [1.29, 1.82) is 0 Å². The molecule has 0 aromatic heterocycles. The second-order valence-electron chi connectivity index (χ2n) is 6.78. The van der Waals surface area contributed by atoms with E-state index < -0.39 is 11.9 Å². The molecule has 0 unspecified atom stereocenters. The van der Waals surface area contributed by atoms with Crippen molar-refractivity contribution >= 4 is 23.7 Å². The molecule has 3 amide bonds. The highest BCUT2D eigenvalue weighted by atomic mass is 16.5. The van der Waals surface area contributed by atoms with Crippen molar-refractivity contribution in [2.75, 3.05) is 19.0 Å². The minimum absolute atomic E-state index is 0.238. The topological polar surface area (TPSA) is 79.5 Å². The zero-order valence-corrected chi connectivity index (χ0v) is 15.3. The van der Waals surface area contributed by atoms with Gasteiger partial charge in [-0.2, -0.15) is 0 Å². The Labute approximate surface area is 157 Å². The average Bonchev–Trinajstić information content (AvgIpc) is 2.98. The van der Waals surface area contributed by atoms with Crippen molar-refractivity contribution < 1.29 is 14.3 Å². The summed E-state index contributed by atoms with van der Waals surface area (Å²) < 4.78 is 5.58. The lowest BCUT2D eigenvalue weighted by molar-refractivity contribution is -0.115. The first-order valence-electron chi connectivity index (χ1n) is 8.95. The van der Waals surface area contributed by atoms with E-state index in [2.05, 4.69) is 35.0 Å². The van der Waals surface area contributed by atoms with Crippen LogP contribution in [-0.4, -0.2) is 25.6 Å². The predicted molar refractivity (Wildman–Crippen MR) is 105 cm³/mol. The van der Waals surface area contributed by atoms with Crippen molar-refractivity contribution in [3.63, 3.8) is 0 Å². The molecule has 138 valence electrons. The molecule has 6 nitrogen and oxygen atoms in total. The number of carbonyl (C=O) groups excluding carboxylic acids is 2. The van der Waals surface area contributed by atoms with Crippen LogP contribution in [0.4, 0.5) is 10.5 Å². The van der Waals surface area contributed by atoms with Gasteiger partial charge in [0.05, 0.1) is 7.11 Å². The van der Waals surface area contributed by atoms with Crippen LogP contribution >= 0.6 is 0 Å². The molecule has 2 aromatic rings. The van der Waals surface area contributed by atoms with Crippen LogP contribution in [0.2, 0.25) is 0 Å². The minimum Gasteiger partial charge on any atom is -0.496 e. The molecular weight excluding hydrogens is 342 g/mol. The molecule has 2 aliphatic rings. The van der Waals surface area contributed by atoms with Crippen LogP contribution < -0.4 is 20.7 Å². The number of amides is 3. The van der Waals surface area contributed by atoms with Crippen molar-refractivity contribution in [2.45, 2.75) is 19.8 Å². The summed E-state index contributed by atoms with van der Waals surface area (Å²) in [5.41, 5.74) is 6.77. The van der Waals surface area contributed by atoms with Crippen LogP contribution in [-0.2, 0) is 11.2 Å². The maximum Gasteiger partial charge on any atom is 0.326 e. The molecule has 0 spiro atoms. The smallest absolute Gasteiger partial charge is 0.326 e. The normalized spacial score (nSPS) is 17.2. The molecule has 27 heavy (non-hydrogen) atoms. The van der Waals surface area contributed by atoms with Gasteiger partial charge in [-0.3, -0.25) is 10.1 Å². The fourth-order valence-electron chi connectivity index (χ4n) is 3.59. The fraction of sp³-hybridized carbons (Fsp3) is 0.238. The van der Waals surface area contributed by atoms with Crippen molar-refractivity contribution in [2.24, 2.45) is 0 Å². The molecule has 0 saturated carbocycles. The van der Waals surface area contributed by atoms with E-state index in [4.69, 9.17) is 4.74 Å². The van der Waals surface area contributed by atoms with Gasteiger partial charge in [0.25, 0.3) is 5.91 Å². The van der Waals surface area contributed by atoms with E-state index in [0.29, 0.717) is 0 Å². The standard InChI is InChI=1S/C21H21N3O3/c1-12-8-17-14(4-3-7-22-17)11-15(12)16-9-13(5-6-19(16)27-2)10-18-20(25)24-21(26)23-18/h5-6,8-11,22H,3-4,7H2,1-2H3,(H2,23,24,25,26)/b18-10-. The first-order valence-corrected chi connectivity index (χ1v) is 8.95. The molecule has 2 aromatic carbocycles. The zero-order valence-electron chi connectivity index (χ0n) is 15.3. The van der Waals surface area contributed by atoms with Crippen LogP contribution in [0.3, 0.4) is 0 Å². The molecule has 2 aliphatic heterocycles. The number of ether oxygens (including phenoxy) is 1. The second kappa shape index (κ2) is 6.79. The zero-order chi connectivity index (χ0) is 19.0. The van der Waals surface area contributed by atoms with Gasteiger partial charge in [0.2, 0.25) is 0 Å². The molecule has 2 heterocycles. The summed E-state index contributed by atoms with van der Waals surface area (Å²) in [7, 11) is 1.65. The predicted octanol–water partition coefficient (Wildman–Crippen LogP) is 3.21. The molecule has 3 N–H and O–H groups in total. The highest BCUT2D eigenvalue weighted by Gasteiger charge is 2.23. The quantitative estimate of drug-likeness (QED) is 0.578. The van der Waals surface area contributed by atoms with E-state index in [9.17, 15) is 9.59 Å². The Hall–Kier alpha value is -3.28. The number of rotatable bonds is 3. The van der Waals surface area contributed by atoms with E-state index in [1.165, 1.54) is 11.3 Å². The highest BCUT2D eigenvalue weighted by Crippen LogP contribution is 2.37. The lowest BCUT2D eigenvalue weighted by Gasteiger charge is -2.21. The average molecular weight is 363 g/mol. The Morgan fingerprint density at radius 2 is 1.93 bits per heavy atom. The number of carbonyl (C=O) groups is 2. The number of hydrogen-bond acceptors (Lipinski definition) is 4. The number of anilines is 1. The SMILES string of the molecule is COc1ccc(/C=C2\NC(=O)NC2=O)cc1-c1cc2c(cc1C)NCCC2. The van der Waals surface area contributed by atoms with Gasteiger partial charge in [0, 0.05) is 17.8 Å². The van der Waals surface area contributed by atoms with E-state index >= 15 is 0 Å². The Balaban J connectivity index is 1.79. The highest BCUT2D eigenvalue weighted by molar-refractivity contribution is 6.14. The molecule has 0 atom stereocenters. The maximum atomic E-state index is 11.8. The third kappa shape index (κ3) is 3.26. The Bertz CT molecular complexity index is 979. The van der Waals surface area contributed by atoms with Crippen LogP contribution in [0.1, 0.15) is 23.1 Å². The number of nitrogens with one attached hydrogen (secondary N) is 3. The second-order valence-corrected chi connectivity index (χ2v) is 6.78. The van der Waals surface area contributed by atoms with Gasteiger partial charge in [-0.15, -0.1) is 0 Å².